The first-order valence-corrected chi connectivity index (χ1v) is 4.60. The molecule has 0 fully saturated rings. The van der Waals surface area contributed by atoms with Crippen LogP contribution in [0.25, 0.3) is 11.2 Å². The van der Waals surface area contributed by atoms with Gasteiger partial charge in [-0.15, -0.1) is 0 Å². The Morgan fingerprint density at radius 3 is 2.93 bits per heavy atom. The van der Waals surface area contributed by atoms with E-state index in [0.717, 1.165) is 0 Å². The normalized spacial score (nSPS) is 14.4. The summed E-state index contributed by atoms with van der Waals surface area (Å²) < 4.78 is 3.29. The highest BCUT2D eigenvalue weighted by atomic mass is 16.2. The van der Waals surface area contributed by atoms with Gasteiger partial charge >= 0.3 is 5.69 Å². The molecule has 6 heteroatoms. The van der Waals surface area contributed by atoms with Crippen LogP contribution in [-0.2, 0) is 13.1 Å². The summed E-state index contributed by atoms with van der Waals surface area (Å²) in [5, 5.41) is 0. The van der Waals surface area contributed by atoms with Crippen LogP contribution in [0.2, 0.25) is 0 Å². The van der Waals surface area contributed by atoms with Crippen molar-refractivity contribution in [2.24, 2.45) is 0 Å². The van der Waals surface area contributed by atoms with Gasteiger partial charge in [-0.25, -0.2) is 9.78 Å². The zero-order chi connectivity index (χ0) is 10.4. The van der Waals surface area contributed by atoms with Crippen LogP contribution in [-0.4, -0.2) is 19.1 Å². The van der Waals surface area contributed by atoms with Crippen molar-refractivity contribution < 1.29 is 0 Å². The van der Waals surface area contributed by atoms with Gasteiger partial charge in [0.25, 0.3) is 5.56 Å². The van der Waals surface area contributed by atoms with Crippen molar-refractivity contribution in [3.63, 3.8) is 0 Å². The summed E-state index contributed by atoms with van der Waals surface area (Å²) in [6, 6.07) is 0. The number of H-pyrrole nitrogens is 1. The second kappa shape index (κ2) is 2.69. The van der Waals surface area contributed by atoms with Gasteiger partial charge in [0.15, 0.2) is 11.2 Å². The van der Waals surface area contributed by atoms with Crippen molar-refractivity contribution >= 4 is 11.2 Å². The maximum atomic E-state index is 11.6. The fourth-order valence-electron chi connectivity index (χ4n) is 1.81. The SMILES string of the molecule is O=c1[nH]c(=O)n2c3c1ncn3CC=CC2. The number of aromatic amines is 1. The van der Waals surface area contributed by atoms with Gasteiger partial charge in [-0.05, 0) is 0 Å². The Bertz CT molecular complexity index is 673. The molecule has 2 aromatic heterocycles. The molecule has 3 rings (SSSR count). The summed E-state index contributed by atoms with van der Waals surface area (Å²) >= 11 is 0. The van der Waals surface area contributed by atoms with E-state index < -0.39 is 5.56 Å². The monoisotopic (exact) mass is 204 g/mol. The summed E-state index contributed by atoms with van der Waals surface area (Å²) in [6.07, 6.45) is 5.41. The molecule has 6 nitrogen and oxygen atoms in total. The fourth-order valence-corrected chi connectivity index (χ4v) is 1.81. The Balaban J connectivity index is 2.61. The van der Waals surface area contributed by atoms with Crippen molar-refractivity contribution in [1.82, 2.24) is 19.1 Å². The van der Waals surface area contributed by atoms with Crippen LogP contribution < -0.4 is 11.2 Å². The largest absolute Gasteiger partial charge is 0.330 e. The van der Waals surface area contributed by atoms with E-state index in [1.165, 1.54) is 4.57 Å². The van der Waals surface area contributed by atoms with E-state index in [1.807, 2.05) is 12.2 Å². The van der Waals surface area contributed by atoms with E-state index >= 15 is 0 Å². The van der Waals surface area contributed by atoms with Crippen LogP contribution in [0.15, 0.2) is 28.1 Å². The average Bonchev–Trinajstić information content (AvgIpc) is 2.50. The molecule has 0 aromatic carbocycles. The number of nitrogens with zero attached hydrogens (tertiary/aromatic N) is 3. The second-order valence-corrected chi connectivity index (χ2v) is 3.41. The van der Waals surface area contributed by atoms with E-state index in [4.69, 9.17) is 0 Å². The highest BCUT2D eigenvalue weighted by Crippen LogP contribution is 2.09. The Kier molecular flexibility index (Phi) is 1.47. The molecule has 0 amide bonds. The average molecular weight is 204 g/mol. The van der Waals surface area contributed by atoms with Gasteiger partial charge in [0.1, 0.15) is 0 Å². The molecule has 0 aliphatic carbocycles. The Morgan fingerprint density at radius 2 is 2.07 bits per heavy atom. The van der Waals surface area contributed by atoms with Gasteiger partial charge in [-0.1, -0.05) is 12.2 Å². The van der Waals surface area contributed by atoms with E-state index in [9.17, 15) is 9.59 Å². The third kappa shape index (κ3) is 1.01. The van der Waals surface area contributed by atoms with E-state index in [1.54, 1.807) is 10.9 Å². The lowest BCUT2D eigenvalue weighted by molar-refractivity contribution is 0.746. The topological polar surface area (TPSA) is 72.7 Å². The minimum absolute atomic E-state index is 0.318. The predicted octanol–water partition coefficient (Wildman–Crippen LogP) is -0.544. The van der Waals surface area contributed by atoms with Gasteiger partial charge in [0, 0.05) is 13.1 Å². The first kappa shape index (κ1) is 8.22. The number of aromatic nitrogens is 4. The molecule has 0 bridgehead atoms. The molecule has 1 aliphatic rings. The molecule has 15 heavy (non-hydrogen) atoms. The van der Waals surface area contributed by atoms with Crippen LogP contribution in [0.3, 0.4) is 0 Å². The van der Waals surface area contributed by atoms with Gasteiger partial charge in [-0.3, -0.25) is 14.3 Å². The molecule has 0 saturated carbocycles. The molecule has 0 spiro atoms. The van der Waals surface area contributed by atoms with Crippen molar-refractivity contribution in [3.05, 3.63) is 39.3 Å². The zero-order valence-electron chi connectivity index (χ0n) is 7.80. The molecule has 1 aliphatic heterocycles. The molecular weight excluding hydrogens is 196 g/mol. The van der Waals surface area contributed by atoms with Crippen LogP contribution in [0.5, 0.6) is 0 Å². The predicted molar refractivity (Wildman–Crippen MR) is 53.8 cm³/mol. The highest BCUT2D eigenvalue weighted by molar-refractivity contribution is 5.70. The number of allylic oxidation sites excluding steroid dienone is 2. The molecular formula is C9H8N4O2. The maximum absolute atomic E-state index is 11.6. The lowest BCUT2D eigenvalue weighted by Crippen LogP contribution is -2.30. The van der Waals surface area contributed by atoms with E-state index in [0.29, 0.717) is 24.3 Å². The van der Waals surface area contributed by atoms with Gasteiger partial charge < -0.3 is 4.57 Å². The molecule has 0 radical (unpaired) electrons. The van der Waals surface area contributed by atoms with Gasteiger partial charge in [0.2, 0.25) is 0 Å². The zero-order valence-corrected chi connectivity index (χ0v) is 7.80. The van der Waals surface area contributed by atoms with Crippen LogP contribution in [0, 0.1) is 0 Å². The Hall–Kier alpha value is -2.11. The molecule has 3 heterocycles. The van der Waals surface area contributed by atoms with Gasteiger partial charge in [-0.2, -0.15) is 0 Å². The summed E-state index contributed by atoms with van der Waals surface area (Å²) in [7, 11) is 0. The van der Waals surface area contributed by atoms with Crippen molar-refractivity contribution in [3.8, 4) is 0 Å². The minimum atomic E-state index is -0.424. The summed E-state index contributed by atoms with van der Waals surface area (Å²) in [5.74, 6) is 0. The lowest BCUT2D eigenvalue weighted by atomic mass is 10.5. The maximum Gasteiger partial charge on any atom is 0.330 e. The number of imidazole rings is 1. The molecule has 2 aromatic rings. The summed E-state index contributed by atoms with van der Waals surface area (Å²) in [4.78, 5) is 29.3. The third-order valence-corrected chi connectivity index (χ3v) is 2.50. The highest BCUT2D eigenvalue weighted by Gasteiger charge is 2.13. The quantitative estimate of drug-likeness (QED) is 0.585. The van der Waals surface area contributed by atoms with E-state index in [-0.39, 0.29) is 5.69 Å². The summed E-state index contributed by atoms with van der Waals surface area (Å²) in [5.41, 5.74) is 0.0970. The first-order valence-electron chi connectivity index (χ1n) is 4.60. The fraction of sp³-hybridized carbons (Fsp3) is 0.222. The molecule has 76 valence electrons. The summed E-state index contributed by atoms with van der Waals surface area (Å²) in [6.45, 7) is 1.11. The lowest BCUT2D eigenvalue weighted by Gasteiger charge is -2.03. The van der Waals surface area contributed by atoms with Gasteiger partial charge in [0.05, 0.1) is 6.33 Å². The standard InChI is InChI=1S/C9H8N4O2/c14-7-6-8-12(5-10-6)3-1-2-4-13(8)9(15)11-7/h1-2,5H,3-4H2,(H,11,14,15). The van der Waals surface area contributed by atoms with Crippen molar-refractivity contribution in [1.29, 1.82) is 0 Å². The number of hydrogen-bond donors (Lipinski definition) is 1. The van der Waals surface area contributed by atoms with Crippen LogP contribution >= 0.6 is 0 Å². The van der Waals surface area contributed by atoms with Crippen LogP contribution in [0.1, 0.15) is 0 Å². The number of rotatable bonds is 0. The molecule has 0 atom stereocenters. The molecule has 0 unspecified atom stereocenters. The smallest absolute Gasteiger partial charge is 0.313 e. The Morgan fingerprint density at radius 1 is 1.27 bits per heavy atom. The Labute approximate surface area is 83.5 Å². The number of nitrogens with one attached hydrogen (secondary N) is 1. The van der Waals surface area contributed by atoms with Crippen LogP contribution in [0.4, 0.5) is 0 Å². The van der Waals surface area contributed by atoms with Crippen molar-refractivity contribution in [2.75, 3.05) is 0 Å². The third-order valence-electron chi connectivity index (χ3n) is 2.50. The minimum Gasteiger partial charge on any atom is -0.313 e. The molecule has 0 saturated heterocycles. The first-order chi connectivity index (χ1) is 7.27. The molecule has 1 N–H and O–H groups in total. The van der Waals surface area contributed by atoms with Crippen molar-refractivity contribution in [2.45, 2.75) is 13.1 Å². The number of hydrogen-bond acceptors (Lipinski definition) is 3. The second-order valence-electron chi connectivity index (χ2n) is 3.41. The van der Waals surface area contributed by atoms with E-state index in [2.05, 4.69) is 9.97 Å².